The molecule has 4 heterocycles. The van der Waals surface area contributed by atoms with Crippen LogP contribution in [0.2, 0.25) is 0 Å². The Morgan fingerprint density at radius 2 is 2.00 bits per heavy atom. The Labute approximate surface area is 196 Å². The Morgan fingerprint density at radius 1 is 1.23 bits per heavy atom. The Bertz CT molecular complexity index is 1540. The average Bonchev–Trinajstić information content (AvgIpc) is 3.19. The van der Waals surface area contributed by atoms with Crippen LogP contribution in [-0.4, -0.2) is 49.6 Å². The fraction of sp³-hybridized carbons (Fsp3) is 0.250. The van der Waals surface area contributed by atoms with Crippen LogP contribution in [-0.2, 0) is 15.7 Å². The molecule has 0 bridgehead atoms. The number of alkyl halides is 3. The van der Waals surface area contributed by atoms with E-state index in [0.717, 1.165) is 11.5 Å². The third kappa shape index (κ3) is 3.86. The number of H-pyrrole nitrogens is 1. The lowest BCUT2D eigenvalue weighted by Crippen LogP contribution is -2.51. The van der Waals surface area contributed by atoms with Crippen molar-refractivity contribution in [2.24, 2.45) is 0 Å². The summed E-state index contributed by atoms with van der Waals surface area (Å²) in [5, 5.41) is 11.5. The summed E-state index contributed by atoms with van der Waals surface area (Å²) in [7, 11) is 0. The van der Waals surface area contributed by atoms with Crippen molar-refractivity contribution >= 4 is 50.1 Å². The minimum atomic E-state index is -4.86. The maximum Gasteiger partial charge on any atom is 0.433 e. The highest BCUT2D eigenvalue weighted by Gasteiger charge is 2.41. The summed E-state index contributed by atoms with van der Waals surface area (Å²) in [6, 6.07) is 4.15. The van der Waals surface area contributed by atoms with Gasteiger partial charge in [0.1, 0.15) is 23.4 Å². The molecular weight excluding hydrogens is 496 g/mol. The number of morpholine rings is 1. The van der Waals surface area contributed by atoms with E-state index in [1.54, 1.807) is 6.07 Å². The number of aromatic nitrogens is 4. The molecule has 0 saturated carbocycles. The van der Waals surface area contributed by atoms with E-state index < -0.39 is 47.2 Å². The zero-order valence-electron chi connectivity index (χ0n) is 17.3. The number of nitrogen functional groups attached to an aromatic ring is 1. The van der Waals surface area contributed by atoms with Crippen molar-refractivity contribution in [2.75, 3.05) is 23.8 Å². The lowest BCUT2D eigenvalue weighted by atomic mass is 10.1. The van der Waals surface area contributed by atoms with E-state index in [1.165, 1.54) is 6.07 Å². The number of ether oxygens (including phenoxy) is 1. The summed E-state index contributed by atoms with van der Waals surface area (Å²) in [5.74, 6) is -3.14. The maximum absolute atomic E-state index is 14.3. The van der Waals surface area contributed by atoms with Gasteiger partial charge in [0.2, 0.25) is 0 Å². The van der Waals surface area contributed by atoms with Gasteiger partial charge in [-0.1, -0.05) is 0 Å². The standard InChI is InChI=1S/C20H14F4N6O4S/c21-8-2-4-10(20(22,23)24)27-17(8)30-5-6-34-13(19(30)33)12(31)16-26-9-3-1-7-14(35-29-15(7)25)11(9)18(32)28-16/h1-4,12-13,31H,5-6H2,(H2,25,29)(H,26,28,32). The number of carbonyl (C=O) groups is 1. The van der Waals surface area contributed by atoms with Gasteiger partial charge in [-0.15, -0.1) is 0 Å². The highest BCUT2D eigenvalue weighted by molar-refractivity contribution is 7.14. The molecule has 4 aromatic rings. The van der Waals surface area contributed by atoms with Gasteiger partial charge in [-0.3, -0.25) is 14.5 Å². The number of aromatic amines is 1. The fourth-order valence-electron chi connectivity index (χ4n) is 3.78. The third-order valence-corrected chi connectivity index (χ3v) is 6.32. The summed E-state index contributed by atoms with van der Waals surface area (Å²) < 4.78 is 63.3. The van der Waals surface area contributed by atoms with Gasteiger partial charge in [-0.05, 0) is 35.8 Å². The van der Waals surface area contributed by atoms with Crippen molar-refractivity contribution in [3.8, 4) is 0 Å². The number of pyridine rings is 1. The second kappa shape index (κ2) is 8.21. The van der Waals surface area contributed by atoms with E-state index in [2.05, 4.69) is 19.3 Å². The molecule has 0 radical (unpaired) electrons. The second-order valence-corrected chi connectivity index (χ2v) is 8.36. The van der Waals surface area contributed by atoms with Gasteiger partial charge in [0.15, 0.2) is 17.7 Å². The number of nitrogens with zero attached hydrogens (tertiary/aromatic N) is 4. The van der Waals surface area contributed by atoms with Crippen molar-refractivity contribution in [3.05, 3.63) is 52.0 Å². The molecule has 4 N–H and O–H groups in total. The molecule has 3 aromatic heterocycles. The number of rotatable bonds is 3. The van der Waals surface area contributed by atoms with Crippen LogP contribution in [0.5, 0.6) is 0 Å². The minimum Gasteiger partial charge on any atom is -0.382 e. The second-order valence-electron chi connectivity index (χ2n) is 7.59. The number of fused-ring (bicyclic) bond motifs is 3. The van der Waals surface area contributed by atoms with Gasteiger partial charge in [0.05, 0.1) is 28.8 Å². The molecule has 35 heavy (non-hydrogen) atoms. The molecule has 182 valence electrons. The van der Waals surface area contributed by atoms with Gasteiger partial charge in [0.25, 0.3) is 11.5 Å². The van der Waals surface area contributed by atoms with Crippen molar-refractivity contribution in [1.29, 1.82) is 0 Å². The van der Waals surface area contributed by atoms with E-state index in [1.807, 2.05) is 0 Å². The molecule has 1 aliphatic heterocycles. The summed E-state index contributed by atoms with van der Waals surface area (Å²) in [4.78, 5) is 36.2. The number of nitrogens with two attached hydrogens (primary N) is 1. The predicted octanol–water partition coefficient (Wildman–Crippen LogP) is 2.13. The molecule has 15 heteroatoms. The van der Waals surface area contributed by atoms with Crippen LogP contribution in [0.3, 0.4) is 0 Å². The van der Waals surface area contributed by atoms with Crippen LogP contribution in [0.4, 0.5) is 29.2 Å². The zero-order valence-corrected chi connectivity index (χ0v) is 18.2. The monoisotopic (exact) mass is 510 g/mol. The van der Waals surface area contributed by atoms with Gasteiger partial charge in [0, 0.05) is 5.39 Å². The maximum atomic E-state index is 14.3. The third-order valence-electron chi connectivity index (χ3n) is 5.43. The van der Waals surface area contributed by atoms with E-state index >= 15 is 0 Å². The lowest BCUT2D eigenvalue weighted by Gasteiger charge is -2.33. The van der Waals surface area contributed by atoms with Crippen molar-refractivity contribution in [2.45, 2.75) is 18.4 Å². The Morgan fingerprint density at radius 3 is 2.74 bits per heavy atom. The van der Waals surface area contributed by atoms with Crippen LogP contribution in [0.1, 0.15) is 17.6 Å². The molecule has 1 aliphatic rings. The van der Waals surface area contributed by atoms with Gasteiger partial charge >= 0.3 is 6.18 Å². The van der Waals surface area contributed by atoms with Gasteiger partial charge in [-0.25, -0.2) is 9.37 Å². The Hall–Kier alpha value is -3.69. The molecule has 0 spiro atoms. The number of anilines is 2. The lowest BCUT2D eigenvalue weighted by molar-refractivity contribution is -0.144. The Balaban J connectivity index is 1.50. The molecule has 1 aromatic carbocycles. The summed E-state index contributed by atoms with van der Waals surface area (Å²) in [5.41, 5.74) is 3.95. The first kappa shape index (κ1) is 23.1. The van der Waals surface area contributed by atoms with Crippen LogP contribution >= 0.6 is 11.5 Å². The molecule has 10 nitrogen and oxygen atoms in total. The van der Waals surface area contributed by atoms with Crippen molar-refractivity contribution < 1.29 is 32.2 Å². The van der Waals surface area contributed by atoms with Crippen LogP contribution < -0.4 is 16.2 Å². The van der Waals surface area contributed by atoms with Crippen molar-refractivity contribution in [1.82, 2.24) is 19.3 Å². The van der Waals surface area contributed by atoms with Crippen LogP contribution in [0.15, 0.2) is 29.1 Å². The van der Waals surface area contributed by atoms with Gasteiger partial charge in [-0.2, -0.15) is 22.5 Å². The number of amides is 1. The molecule has 1 amide bonds. The molecule has 0 aliphatic carbocycles. The number of benzene rings is 1. The average molecular weight is 510 g/mol. The molecule has 1 saturated heterocycles. The first-order valence-electron chi connectivity index (χ1n) is 9.99. The van der Waals surface area contributed by atoms with E-state index in [0.29, 0.717) is 27.1 Å². The smallest absolute Gasteiger partial charge is 0.382 e. The molecule has 1 fully saturated rings. The quantitative estimate of drug-likeness (QED) is 0.355. The number of aliphatic hydroxyl groups excluding tert-OH is 1. The van der Waals surface area contributed by atoms with E-state index in [-0.39, 0.29) is 35.7 Å². The summed E-state index contributed by atoms with van der Waals surface area (Å²) in [6.45, 7) is -0.552. The fourth-order valence-corrected chi connectivity index (χ4v) is 4.62. The topological polar surface area (TPSA) is 147 Å². The normalized spacial score (nSPS) is 17.9. The SMILES string of the molecule is Nc1nsc2c1ccc1[nH]c(C(O)C3OCCN(c4nc(C(F)(F)F)ccc4F)C3=O)nc(=O)c12. The van der Waals surface area contributed by atoms with Crippen LogP contribution in [0.25, 0.3) is 21.0 Å². The minimum absolute atomic E-state index is 0.181. The van der Waals surface area contributed by atoms with E-state index in [4.69, 9.17) is 10.5 Å². The number of aliphatic hydroxyl groups is 1. The summed E-state index contributed by atoms with van der Waals surface area (Å²) in [6.07, 6.45) is -8.37. The predicted molar refractivity (Wildman–Crippen MR) is 116 cm³/mol. The number of hydrogen-bond acceptors (Lipinski definition) is 9. The number of nitrogens with one attached hydrogen (secondary N) is 1. The number of halogens is 4. The molecule has 2 unspecified atom stereocenters. The molecule has 2 atom stereocenters. The summed E-state index contributed by atoms with van der Waals surface area (Å²) >= 11 is 0.997. The highest BCUT2D eigenvalue weighted by atomic mass is 32.1. The largest absolute Gasteiger partial charge is 0.433 e. The molecule has 5 rings (SSSR count). The zero-order chi connectivity index (χ0) is 25.1. The van der Waals surface area contributed by atoms with Crippen LogP contribution in [0, 0.1) is 5.82 Å². The first-order valence-corrected chi connectivity index (χ1v) is 10.8. The van der Waals surface area contributed by atoms with E-state index in [9.17, 15) is 32.3 Å². The highest BCUT2D eigenvalue weighted by Crippen LogP contribution is 2.33. The van der Waals surface area contributed by atoms with Gasteiger partial charge < -0.3 is 20.6 Å². The first-order chi connectivity index (χ1) is 16.6. The van der Waals surface area contributed by atoms with Crippen molar-refractivity contribution in [3.63, 3.8) is 0 Å². The number of carbonyl (C=O) groups excluding carboxylic acids is 1. The Kier molecular flexibility index (Phi) is 5.41. The number of hydrogen-bond donors (Lipinski definition) is 3. The molecular formula is C20H14F4N6O4S.